The van der Waals surface area contributed by atoms with Gasteiger partial charge in [0.2, 0.25) is 5.95 Å². The summed E-state index contributed by atoms with van der Waals surface area (Å²) in [6.45, 7) is 4.71. The van der Waals surface area contributed by atoms with Crippen molar-refractivity contribution >= 4 is 17.6 Å². The lowest BCUT2D eigenvalue weighted by Crippen LogP contribution is -2.47. The third-order valence-corrected chi connectivity index (χ3v) is 5.26. The van der Waals surface area contributed by atoms with Crippen molar-refractivity contribution < 1.29 is 27.4 Å². The molecule has 10 heteroatoms. The van der Waals surface area contributed by atoms with E-state index in [2.05, 4.69) is 24.5 Å². The van der Waals surface area contributed by atoms with Crippen LogP contribution in [0.1, 0.15) is 41.7 Å². The van der Waals surface area contributed by atoms with Crippen LogP contribution < -0.4 is 14.5 Å². The number of piperazine rings is 1. The summed E-state index contributed by atoms with van der Waals surface area (Å²) in [5, 5.41) is 0. The van der Waals surface area contributed by atoms with Crippen LogP contribution in [-0.2, 0) is 4.74 Å². The van der Waals surface area contributed by atoms with Crippen LogP contribution in [0.2, 0.25) is 0 Å². The Labute approximate surface area is 177 Å². The van der Waals surface area contributed by atoms with Gasteiger partial charge >= 0.3 is 12.3 Å². The van der Waals surface area contributed by atoms with Crippen molar-refractivity contribution in [1.82, 2.24) is 9.97 Å². The van der Waals surface area contributed by atoms with Gasteiger partial charge in [0.1, 0.15) is 5.75 Å². The highest BCUT2D eigenvalue weighted by atomic mass is 19.4. The van der Waals surface area contributed by atoms with Crippen molar-refractivity contribution in [2.24, 2.45) is 0 Å². The number of aromatic nitrogens is 2. The van der Waals surface area contributed by atoms with Crippen LogP contribution in [0.25, 0.3) is 0 Å². The van der Waals surface area contributed by atoms with Crippen LogP contribution in [0.5, 0.6) is 5.75 Å². The van der Waals surface area contributed by atoms with Gasteiger partial charge in [0.25, 0.3) is 0 Å². The average molecular weight is 436 g/mol. The van der Waals surface area contributed by atoms with Gasteiger partial charge in [-0.1, -0.05) is 0 Å². The zero-order chi connectivity index (χ0) is 22.0. The van der Waals surface area contributed by atoms with Crippen molar-refractivity contribution in [3.05, 3.63) is 41.7 Å². The standard InChI is InChI=1S/C21H23F3N4O3/c1-2-30-19(29)17-13-25-20(26-18(17)14-3-4-14)28-11-9-27(10-12-28)15-5-7-16(8-6-15)31-21(22,23)24/h5-8,13-14H,2-4,9-12H2,1H3. The van der Waals surface area contributed by atoms with Crippen molar-refractivity contribution in [3.63, 3.8) is 0 Å². The monoisotopic (exact) mass is 436 g/mol. The van der Waals surface area contributed by atoms with Crippen molar-refractivity contribution in [2.75, 3.05) is 42.6 Å². The molecule has 4 rings (SSSR count). The van der Waals surface area contributed by atoms with E-state index < -0.39 is 12.3 Å². The van der Waals surface area contributed by atoms with Crippen LogP contribution in [0, 0.1) is 0 Å². The number of anilines is 2. The fraction of sp³-hybridized carbons (Fsp3) is 0.476. The smallest absolute Gasteiger partial charge is 0.462 e. The van der Waals surface area contributed by atoms with Crippen molar-refractivity contribution in [3.8, 4) is 5.75 Å². The van der Waals surface area contributed by atoms with Crippen LogP contribution in [0.4, 0.5) is 24.8 Å². The number of carbonyl (C=O) groups is 1. The molecule has 1 saturated carbocycles. The number of nitrogens with zero attached hydrogens (tertiary/aromatic N) is 4. The molecule has 7 nitrogen and oxygen atoms in total. The predicted molar refractivity (Wildman–Crippen MR) is 108 cm³/mol. The first-order valence-corrected chi connectivity index (χ1v) is 10.2. The molecule has 1 aromatic heterocycles. The number of alkyl halides is 3. The molecule has 0 amide bonds. The Kier molecular flexibility index (Phi) is 5.88. The van der Waals surface area contributed by atoms with E-state index in [9.17, 15) is 18.0 Å². The van der Waals surface area contributed by atoms with Crippen molar-refractivity contribution in [2.45, 2.75) is 32.0 Å². The molecule has 2 heterocycles. The number of ether oxygens (including phenoxy) is 2. The third-order valence-electron chi connectivity index (χ3n) is 5.26. The maximum absolute atomic E-state index is 12.3. The SMILES string of the molecule is CCOC(=O)c1cnc(N2CCN(c3ccc(OC(F)(F)F)cc3)CC2)nc1C1CC1. The van der Waals surface area contributed by atoms with Crippen LogP contribution >= 0.6 is 0 Å². The quantitative estimate of drug-likeness (QED) is 0.639. The molecule has 2 aromatic rings. The second-order valence-electron chi connectivity index (χ2n) is 7.48. The maximum atomic E-state index is 12.3. The van der Waals surface area contributed by atoms with Gasteiger partial charge in [-0.2, -0.15) is 0 Å². The topological polar surface area (TPSA) is 67.8 Å². The highest BCUT2D eigenvalue weighted by Crippen LogP contribution is 2.41. The maximum Gasteiger partial charge on any atom is 0.573 e. The average Bonchev–Trinajstić information content (AvgIpc) is 3.58. The predicted octanol–water partition coefficient (Wildman–Crippen LogP) is 3.76. The Balaban J connectivity index is 1.41. The van der Waals surface area contributed by atoms with Gasteiger partial charge in [0, 0.05) is 44.0 Å². The molecular formula is C21H23F3N4O3. The first kappa shape index (κ1) is 21.2. The molecule has 2 aliphatic rings. The molecule has 0 N–H and O–H groups in total. The van der Waals surface area contributed by atoms with Crippen LogP contribution in [0.3, 0.4) is 0 Å². The molecule has 0 radical (unpaired) electrons. The number of halogens is 3. The summed E-state index contributed by atoms with van der Waals surface area (Å²) in [6, 6.07) is 5.86. The van der Waals surface area contributed by atoms with Gasteiger partial charge in [0.05, 0.1) is 17.9 Å². The molecule has 2 fully saturated rings. The number of rotatable bonds is 6. The zero-order valence-electron chi connectivity index (χ0n) is 17.1. The third kappa shape index (κ3) is 5.18. The molecule has 1 aromatic carbocycles. The minimum absolute atomic E-state index is 0.238. The minimum atomic E-state index is -4.70. The Hall–Kier alpha value is -3.04. The van der Waals surface area contributed by atoms with E-state index in [4.69, 9.17) is 4.74 Å². The first-order valence-electron chi connectivity index (χ1n) is 10.2. The summed E-state index contributed by atoms with van der Waals surface area (Å²) in [6.07, 6.45) is -1.13. The largest absolute Gasteiger partial charge is 0.573 e. The molecule has 1 aliphatic heterocycles. The lowest BCUT2D eigenvalue weighted by molar-refractivity contribution is -0.274. The number of hydrogen-bond acceptors (Lipinski definition) is 7. The zero-order valence-corrected chi connectivity index (χ0v) is 17.1. The van der Waals surface area contributed by atoms with E-state index in [1.807, 2.05) is 0 Å². The van der Waals surface area contributed by atoms with Crippen molar-refractivity contribution in [1.29, 1.82) is 0 Å². The second kappa shape index (κ2) is 8.60. The van der Waals surface area contributed by atoms with Gasteiger partial charge in [0.15, 0.2) is 0 Å². The summed E-state index contributed by atoms with van der Waals surface area (Å²) < 4.78 is 46.0. The Morgan fingerprint density at radius 2 is 1.74 bits per heavy atom. The molecule has 1 saturated heterocycles. The highest BCUT2D eigenvalue weighted by molar-refractivity contribution is 5.90. The van der Waals surface area contributed by atoms with Gasteiger partial charge < -0.3 is 19.3 Å². The van der Waals surface area contributed by atoms with Gasteiger partial charge in [-0.25, -0.2) is 14.8 Å². The molecule has 1 aliphatic carbocycles. The molecule has 0 bridgehead atoms. The molecule has 0 spiro atoms. The fourth-order valence-electron chi connectivity index (χ4n) is 3.59. The van der Waals surface area contributed by atoms with E-state index >= 15 is 0 Å². The molecule has 166 valence electrons. The highest BCUT2D eigenvalue weighted by Gasteiger charge is 2.32. The minimum Gasteiger partial charge on any atom is -0.462 e. The molecule has 0 atom stereocenters. The Morgan fingerprint density at radius 3 is 2.32 bits per heavy atom. The molecular weight excluding hydrogens is 413 g/mol. The van der Waals surface area contributed by atoms with Crippen LogP contribution in [-0.4, -0.2) is 55.1 Å². The Bertz CT molecular complexity index is 924. The second-order valence-corrected chi connectivity index (χ2v) is 7.48. The molecule has 31 heavy (non-hydrogen) atoms. The number of carbonyl (C=O) groups excluding carboxylic acids is 1. The molecule has 0 unspecified atom stereocenters. The lowest BCUT2D eigenvalue weighted by atomic mass is 10.1. The first-order chi connectivity index (χ1) is 14.8. The summed E-state index contributed by atoms with van der Waals surface area (Å²) in [5.74, 6) is 0.236. The number of benzene rings is 1. The summed E-state index contributed by atoms with van der Waals surface area (Å²) >= 11 is 0. The van der Waals surface area contributed by atoms with E-state index in [-0.39, 0.29) is 11.7 Å². The normalized spacial score (nSPS) is 16.9. The van der Waals surface area contributed by atoms with E-state index in [1.54, 1.807) is 25.3 Å². The van der Waals surface area contributed by atoms with Crippen LogP contribution in [0.15, 0.2) is 30.5 Å². The summed E-state index contributed by atoms with van der Waals surface area (Å²) in [4.78, 5) is 25.4. The summed E-state index contributed by atoms with van der Waals surface area (Å²) in [5.41, 5.74) is 2.02. The fourth-order valence-corrected chi connectivity index (χ4v) is 3.59. The lowest BCUT2D eigenvalue weighted by Gasteiger charge is -2.36. The van der Waals surface area contributed by atoms with Gasteiger partial charge in [-0.05, 0) is 44.0 Å². The van der Waals surface area contributed by atoms with Gasteiger partial charge in [-0.15, -0.1) is 13.2 Å². The van der Waals surface area contributed by atoms with E-state index in [1.165, 1.54) is 12.1 Å². The number of esters is 1. The van der Waals surface area contributed by atoms with Gasteiger partial charge in [-0.3, -0.25) is 0 Å². The number of hydrogen-bond donors (Lipinski definition) is 0. The van der Waals surface area contributed by atoms with E-state index in [0.717, 1.165) is 24.2 Å². The Morgan fingerprint density at radius 1 is 1.10 bits per heavy atom. The summed E-state index contributed by atoms with van der Waals surface area (Å²) in [7, 11) is 0. The van der Waals surface area contributed by atoms with E-state index in [0.29, 0.717) is 44.3 Å².